The minimum Gasteiger partial charge on any atom is -0.491 e. The van der Waals surface area contributed by atoms with Crippen LogP contribution in [0.4, 0.5) is 0 Å². The maximum Gasteiger partial charge on any atom is 0.191 e. The Hall–Kier alpha value is -3.39. The summed E-state index contributed by atoms with van der Waals surface area (Å²) in [6.07, 6.45) is 5.65. The van der Waals surface area contributed by atoms with Gasteiger partial charge in [-0.3, -0.25) is 4.99 Å². The highest BCUT2D eigenvalue weighted by Crippen LogP contribution is 2.22. The molecule has 3 aromatic rings. The average molecular weight is 449 g/mol. The minimum absolute atomic E-state index is 0.195. The highest BCUT2D eigenvalue weighted by atomic mass is 16.5. The molecule has 1 saturated heterocycles. The van der Waals surface area contributed by atoms with E-state index in [1.54, 1.807) is 19.7 Å². The number of ether oxygens (including phenoxy) is 2. The Bertz CT molecular complexity index is 1040. The standard InChI is InChI=1S/C25H32N6O2/c1-19-8-9-22(24(11-19)33-16-23-7-4-10-32-23)14-29-25(26-2)28-13-20-5-3-6-21(12-20)15-31-18-27-17-30-31/h3,5-6,8-9,11-12,17-18,23H,4,7,10,13-16H2,1-2H3,(H2,26,28,29). The van der Waals surface area contributed by atoms with Crippen LogP contribution in [0.2, 0.25) is 0 Å². The Labute approximate surface area is 195 Å². The van der Waals surface area contributed by atoms with Crippen LogP contribution in [0.1, 0.15) is 35.1 Å². The van der Waals surface area contributed by atoms with E-state index in [1.165, 1.54) is 16.7 Å². The van der Waals surface area contributed by atoms with E-state index in [1.807, 2.05) is 4.68 Å². The summed E-state index contributed by atoms with van der Waals surface area (Å²) in [4.78, 5) is 8.37. The van der Waals surface area contributed by atoms with Crippen LogP contribution in [0.5, 0.6) is 5.75 Å². The number of rotatable bonds is 9. The van der Waals surface area contributed by atoms with Crippen molar-refractivity contribution in [3.05, 3.63) is 77.4 Å². The second-order valence-electron chi connectivity index (χ2n) is 8.25. The van der Waals surface area contributed by atoms with Crippen LogP contribution < -0.4 is 15.4 Å². The van der Waals surface area contributed by atoms with Gasteiger partial charge in [0.2, 0.25) is 0 Å². The monoisotopic (exact) mass is 448 g/mol. The summed E-state index contributed by atoms with van der Waals surface area (Å²) in [5.41, 5.74) is 4.62. The zero-order chi connectivity index (χ0) is 22.9. The van der Waals surface area contributed by atoms with Gasteiger partial charge < -0.3 is 20.1 Å². The van der Waals surface area contributed by atoms with Gasteiger partial charge in [0.05, 0.1) is 12.6 Å². The van der Waals surface area contributed by atoms with Gasteiger partial charge in [-0.2, -0.15) is 5.10 Å². The first-order chi connectivity index (χ1) is 16.2. The van der Waals surface area contributed by atoms with Gasteiger partial charge in [0, 0.05) is 32.3 Å². The molecule has 1 aliphatic rings. The zero-order valence-corrected chi connectivity index (χ0v) is 19.3. The highest BCUT2D eigenvalue weighted by molar-refractivity contribution is 5.79. The fourth-order valence-electron chi connectivity index (χ4n) is 3.83. The van der Waals surface area contributed by atoms with Crippen molar-refractivity contribution >= 4 is 5.96 Å². The van der Waals surface area contributed by atoms with Crippen molar-refractivity contribution in [3.63, 3.8) is 0 Å². The van der Waals surface area contributed by atoms with Crippen LogP contribution >= 0.6 is 0 Å². The van der Waals surface area contributed by atoms with E-state index >= 15 is 0 Å². The third kappa shape index (κ3) is 6.79. The van der Waals surface area contributed by atoms with E-state index in [9.17, 15) is 0 Å². The van der Waals surface area contributed by atoms with Crippen molar-refractivity contribution in [3.8, 4) is 5.75 Å². The molecule has 1 fully saturated rings. The quantitative estimate of drug-likeness (QED) is 0.387. The first-order valence-corrected chi connectivity index (χ1v) is 11.4. The van der Waals surface area contributed by atoms with Gasteiger partial charge in [0.1, 0.15) is 25.0 Å². The van der Waals surface area contributed by atoms with Crippen molar-refractivity contribution in [1.29, 1.82) is 0 Å². The minimum atomic E-state index is 0.195. The van der Waals surface area contributed by atoms with Crippen molar-refractivity contribution in [1.82, 2.24) is 25.4 Å². The molecule has 1 unspecified atom stereocenters. The molecular formula is C25H32N6O2. The van der Waals surface area contributed by atoms with Gasteiger partial charge >= 0.3 is 0 Å². The lowest BCUT2D eigenvalue weighted by Gasteiger charge is -2.17. The molecule has 0 amide bonds. The Balaban J connectivity index is 1.31. The molecule has 1 atom stereocenters. The Morgan fingerprint density at radius 2 is 2.06 bits per heavy atom. The first kappa shape index (κ1) is 22.8. The van der Waals surface area contributed by atoms with E-state index in [0.29, 0.717) is 26.2 Å². The molecule has 8 heteroatoms. The predicted octanol–water partition coefficient (Wildman–Crippen LogP) is 3.06. The number of aryl methyl sites for hydroxylation is 1. The number of hydrogen-bond acceptors (Lipinski definition) is 5. The smallest absolute Gasteiger partial charge is 0.191 e. The lowest BCUT2D eigenvalue weighted by molar-refractivity contribution is 0.0676. The van der Waals surface area contributed by atoms with Crippen LogP contribution in [0.25, 0.3) is 0 Å². The number of hydrogen-bond donors (Lipinski definition) is 2. The van der Waals surface area contributed by atoms with Crippen LogP contribution in [0.15, 0.2) is 60.1 Å². The fourth-order valence-corrected chi connectivity index (χ4v) is 3.83. The molecule has 0 spiro atoms. The molecule has 0 aliphatic carbocycles. The van der Waals surface area contributed by atoms with Gasteiger partial charge in [0.25, 0.3) is 0 Å². The normalized spacial score (nSPS) is 16.1. The third-order valence-electron chi connectivity index (χ3n) is 5.60. The fraction of sp³-hybridized carbons (Fsp3) is 0.400. The number of nitrogens with zero attached hydrogens (tertiary/aromatic N) is 4. The summed E-state index contributed by atoms with van der Waals surface area (Å²) in [6.45, 7) is 5.49. The lowest BCUT2D eigenvalue weighted by atomic mass is 10.1. The van der Waals surface area contributed by atoms with Crippen molar-refractivity contribution in [2.24, 2.45) is 4.99 Å². The zero-order valence-electron chi connectivity index (χ0n) is 19.3. The third-order valence-corrected chi connectivity index (χ3v) is 5.60. The summed E-state index contributed by atoms with van der Waals surface area (Å²) >= 11 is 0. The molecule has 8 nitrogen and oxygen atoms in total. The molecule has 174 valence electrons. The summed E-state index contributed by atoms with van der Waals surface area (Å²) in [6, 6.07) is 14.7. The second kappa shape index (κ2) is 11.5. The van der Waals surface area contributed by atoms with Gasteiger partial charge in [-0.15, -0.1) is 0 Å². The molecule has 0 saturated carbocycles. The van der Waals surface area contributed by atoms with Crippen LogP contribution in [-0.4, -0.2) is 47.1 Å². The first-order valence-electron chi connectivity index (χ1n) is 11.4. The van der Waals surface area contributed by atoms with Crippen molar-refractivity contribution in [2.45, 2.75) is 45.5 Å². The Morgan fingerprint density at radius 1 is 1.18 bits per heavy atom. The van der Waals surface area contributed by atoms with Crippen molar-refractivity contribution < 1.29 is 9.47 Å². The molecule has 2 aromatic carbocycles. The molecule has 1 aliphatic heterocycles. The van der Waals surface area contributed by atoms with E-state index in [-0.39, 0.29) is 6.10 Å². The van der Waals surface area contributed by atoms with E-state index < -0.39 is 0 Å². The Morgan fingerprint density at radius 3 is 2.85 bits per heavy atom. The van der Waals surface area contributed by atoms with Crippen LogP contribution in [0.3, 0.4) is 0 Å². The molecule has 4 rings (SSSR count). The molecule has 2 heterocycles. The SMILES string of the molecule is CN=C(NCc1cccc(Cn2cncn2)c1)NCc1ccc(C)cc1OCC1CCCO1. The summed E-state index contributed by atoms with van der Waals surface area (Å²) in [5.74, 6) is 1.64. The summed E-state index contributed by atoms with van der Waals surface area (Å²) < 4.78 is 13.6. The molecular weight excluding hydrogens is 416 g/mol. The predicted molar refractivity (Wildman–Crippen MR) is 128 cm³/mol. The highest BCUT2D eigenvalue weighted by Gasteiger charge is 2.17. The molecule has 0 bridgehead atoms. The van der Waals surface area contributed by atoms with E-state index in [2.05, 4.69) is 75.1 Å². The average Bonchev–Trinajstić information content (AvgIpc) is 3.53. The largest absolute Gasteiger partial charge is 0.491 e. The molecule has 1 aromatic heterocycles. The number of aromatic nitrogens is 3. The maximum absolute atomic E-state index is 6.12. The number of aliphatic imine (C=N–C) groups is 1. The van der Waals surface area contributed by atoms with Gasteiger partial charge in [-0.25, -0.2) is 9.67 Å². The maximum atomic E-state index is 6.12. The lowest BCUT2D eigenvalue weighted by Crippen LogP contribution is -2.36. The van der Waals surface area contributed by atoms with E-state index in [0.717, 1.165) is 36.7 Å². The van der Waals surface area contributed by atoms with Crippen LogP contribution in [-0.2, 0) is 24.4 Å². The van der Waals surface area contributed by atoms with E-state index in [4.69, 9.17) is 9.47 Å². The topological polar surface area (TPSA) is 85.6 Å². The summed E-state index contributed by atoms with van der Waals surface area (Å²) in [5, 5.41) is 11.0. The second-order valence-corrected chi connectivity index (χ2v) is 8.25. The van der Waals surface area contributed by atoms with Crippen molar-refractivity contribution in [2.75, 3.05) is 20.3 Å². The number of nitrogens with one attached hydrogen (secondary N) is 2. The Kier molecular flexibility index (Phi) is 7.92. The molecule has 2 N–H and O–H groups in total. The number of benzene rings is 2. The van der Waals surface area contributed by atoms with Gasteiger partial charge in [0.15, 0.2) is 5.96 Å². The molecule has 33 heavy (non-hydrogen) atoms. The number of guanidine groups is 1. The van der Waals surface area contributed by atoms with Gasteiger partial charge in [-0.1, -0.05) is 36.4 Å². The molecule has 0 radical (unpaired) electrons. The summed E-state index contributed by atoms with van der Waals surface area (Å²) in [7, 11) is 1.78. The van der Waals surface area contributed by atoms with Crippen LogP contribution in [0, 0.1) is 6.92 Å². The van der Waals surface area contributed by atoms with Gasteiger partial charge in [-0.05, 0) is 42.5 Å².